The van der Waals surface area contributed by atoms with Gasteiger partial charge in [0.25, 0.3) is 0 Å². The molecule has 4 rings (SSSR count). The number of piperidine rings is 1. The van der Waals surface area contributed by atoms with E-state index in [9.17, 15) is 18.0 Å². The van der Waals surface area contributed by atoms with Crippen LogP contribution in [0.25, 0.3) is 0 Å². The average Bonchev–Trinajstić information content (AvgIpc) is 2.74. The van der Waals surface area contributed by atoms with E-state index in [4.69, 9.17) is 16.3 Å². The normalized spacial score (nSPS) is 17.9. The number of carbonyl (C=O) groups excluding carboxylic acids is 2. The molecule has 2 heterocycles. The molecule has 7 nitrogen and oxygen atoms in total. The molecule has 0 aliphatic carbocycles. The fraction of sp³-hybridized carbons (Fsp3) is 0.364. The van der Waals surface area contributed by atoms with Crippen molar-refractivity contribution in [3.8, 4) is 0 Å². The highest BCUT2D eigenvalue weighted by Crippen LogP contribution is 2.37. The summed E-state index contributed by atoms with van der Waals surface area (Å²) in [6.45, 7) is 4.09. The number of carbonyl (C=O) groups is 2. The van der Waals surface area contributed by atoms with Gasteiger partial charge in [-0.25, -0.2) is 13.2 Å². The Kier molecular flexibility index (Phi) is 5.81. The van der Waals surface area contributed by atoms with Crippen molar-refractivity contribution in [2.24, 2.45) is 0 Å². The Morgan fingerprint density at radius 2 is 1.77 bits per heavy atom. The Bertz CT molecular complexity index is 1140. The molecule has 0 unspecified atom stereocenters. The standard InChI is InChI=1S/C22H23ClN2O5S/c1-14-11-18(23)12-17-13-30-22(27)25(21(14)17)19-7-9-24(10-8-19)31(28,29)20-5-3-16(4-6-20)15(2)26/h3-6,11-12,19H,7-10,13H2,1-2H3. The van der Waals surface area contributed by atoms with E-state index < -0.39 is 16.1 Å². The Labute approximate surface area is 186 Å². The minimum absolute atomic E-state index is 0.116. The number of fused-ring (bicyclic) bond motifs is 1. The van der Waals surface area contributed by atoms with Gasteiger partial charge in [-0.15, -0.1) is 0 Å². The Morgan fingerprint density at radius 3 is 2.39 bits per heavy atom. The lowest BCUT2D eigenvalue weighted by Gasteiger charge is -2.40. The molecule has 0 spiro atoms. The lowest BCUT2D eigenvalue weighted by Crippen LogP contribution is -2.50. The van der Waals surface area contributed by atoms with Crippen LogP contribution in [0.3, 0.4) is 0 Å². The molecular weight excluding hydrogens is 440 g/mol. The van der Waals surface area contributed by atoms with E-state index in [1.165, 1.54) is 35.5 Å². The maximum Gasteiger partial charge on any atom is 0.414 e. The molecule has 1 saturated heterocycles. The summed E-state index contributed by atoms with van der Waals surface area (Å²) in [5, 5.41) is 0.589. The van der Waals surface area contributed by atoms with Gasteiger partial charge >= 0.3 is 6.09 Å². The lowest BCUT2D eigenvalue weighted by atomic mass is 10.00. The second kappa shape index (κ2) is 8.26. The number of halogens is 1. The van der Waals surface area contributed by atoms with Crippen LogP contribution in [0, 0.1) is 6.92 Å². The van der Waals surface area contributed by atoms with Crippen molar-refractivity contribution in [3.63, 3.8) is 0 Å². The molecule has 0 N–H and O–H groups in total. The van der Waals surface area contributed by atoms with Crippen LogP contribution < -0.4 is 4.90 Å². The predicted octanol–water partition coefficient (Wildman–Crippen LogP) is 4.16. The molecule has 1 amide bonds. The number of hydrogen-bond acceptors (Lipinski definition) is 5. The van der Waals surface area contributed by atoms with Crippen LogP contribution in [0.1, 0.15) is 41.3 Å². The summed E-state index contributed by atoms with van der Waals surface area (Å²) in [5.41, 5.74) is 3.02. The molecule has 2 aliphatic heterocycles. The minimum atomic E-state index is -3.68. The van der Waals surface area contributed by atoms with E-state index in [1.54, 1.807) is 11.0 Å². The van der Waals surface area contributed by atoms with Crippen LogP contribution in [0.4, 0.5) is 10.5 Å². The van der Waals surface area contributed by atoms with Gasteiger partial charge in [-0.3, -0.25) is 9.69 Å². The zero-order valence-electron chi connectivity index (χ0n) is 17.3. The zero-order chi connectivity index (χ0) is 22.3. The number of sulfonamides is 1. The van der Waals surface area contributed by atoms with E-state index in [0.29, 0.717) is 23.4 Å². The van der Waals surface area contributed by atoms with Gasteiger partial charge in [0.2, 0.25) is 10.0 Å². The van der Waals surface area contributed by atoms with Crippen molar-refractivity contribution >= 4 is 39.2 Å². The van der Waals surface area contributed by atoms with Crippen LogP contribution >= 0.6 is 11.6 Å². The second-order valence-electron chi connectivity index (χ2n) is 7.87. The number of anilines is 1. The van der Waals surface area contributed by atoms with Gasteiger partial charge in [0, 0.05) is 35.3 Å². The van der Waals surface area contributed by atoms with Crippen molar-refractivity contribution < 1.29 is 22.7 Å². The highest BCUT2D eigenvalue weighted by atomic mass is 35.5. The third-order valence-electron chi connectivity index (χ3n) is 5.82. The first kappa shape index (κ1) is 21.8. The SMILES string of the molecule is CC(=O)c1ccc(S(=O)(=O)N2CCC(N3C(=O)OCc4cc(Cl)cc(C)c43)CC2)cc1. The van der Waals surface area contributed by atoms with Gasteiger partial charge in [0.05, 0.1) is 10.6 Å². The van der Waals surface area contributed by atoms with E-state index in [2.05, 4.69) is 0 Å². The first-order valence-electron chi connectivity index (χ1n) is 10.0. The monoisotopic (exact) mass is 462 g/mol. The molecule has 2 aromatic carbocycles. The number of aryl methyl sites for hydroxylation is 1. The van der Waals surface area contributed by atoms with Gasteiger partial charge < -0.3 is 4.74 Å². The molecule has 164 valence electrons. The number of benzene rings is 2. The molecule has 0 aromatic heterocycles. The van der Waals surface area contributed by atoms with Gasteiger partial charge in [-0.1, -0.05) is 23.7 Å². The maximum atomic E-state index is 13.0. The summed E-state index contributed by atoms with van der Waals surface area (Å²) in [5.74, 6) is -0.116. The molecule has 2 aromatic rings. The number of ketones is 1. The number of ether oxygens (including phenoxy) is 1. The van der Waals surface area contributed by atoms with E-state index in [0.717, 1.165) is 16.8 Å². The highest BCUT2D eigenvalue weighted by molar-refractivity contribution is 7.89. The highest BCUT2D eigenvalue weighted by Gasteiger charge is 2.38. The summed E-state index contributed by atoms with van der Waals surface area (Å²) >= 11 is 6.16. The number of amides is 1. The molecule has 31 heavy (non-hydrogen) atoms. The Morgan fingerprint density at radius 1 is 1.13 bits per heavy atom. The molecule has 0 atom stereocenters. The molecule has 0 radical (unpaired) electrons. The average molecular weight is 463 g/mol. The topological polar surface area (TPSA) is 84.0 Å². The number of Topliss-reactive ketones (excluding diaryl/α,β-unsaturated/α-hetero) is 1. The van der Waals surface area contributed by atoms with E-state index in [-0.39, 0.29) is 36.4 Å². The van der Waals surface area contributed by atoms with Gasteiger partial charge in [0.15, 0.2) is 5.78 Å². The molecule has 2 aliphatic rings. The maximum absolute atomic E-state index is 13.0. The van der Waals surface area contributed by atoms with Crippen molar-refractivity contribution in [3.05, 3.63) is 58.1 Å². The lowest BCUT2D eigenvalue weighted by molar-refractivity contribution is 0.101. The van der Waals surface area contributed by atoms with Gasteiger partial charge in [-0.2, -0.15) is 4.31 Å². The summed E-state index contributed by atoms with van der Waals surface area (Å²) in [6, 6.07) is 9.42. The quantitative estimate of drug-likeness (QED) is 0.637. The second-order valence-corrected chi connectivity index (χ2v) is 10.2. The minimum Gasteiger partial charge on any atom is -0.444 e. The summed E-state index contributed by atoms with van der Waals surface area (Å²) in [7, 11) is -3.68. The van der Waals surface area contributed by atoms with Gasteiger partial charge in [-0.05, 0) is 56.5 Å². The van der Waals surface area contributed by atoms with Crippen LogP contribution in [-0.4, -0.2) is 43.7 Å². The summed E-state index contributed by atoms with van der Waals surface area (Å²) < 4.78 is 32.8. The zero-order valence-corrected chi connectivity index (χ0v) is 18.9. The number of hydrogen-bond donors (Lipinski definition) is 0. The summed E-state index contributed by atoms with van der Waals surface area (Å²) in [6.07, 6.45) is 0.557. The van der Waals surface area contributed by atoms with Crippen molar-refractivity contribution in [2.75, 3.05) is 18.0 Å². The molecule has 0 bridgehead atoms. The number of cyclic esters (lactones) is 1. The third kappa shape index (κ3) is 4.07. The van der Waals surface area contributed by atoms with Crippen LogP contribution in [0.2, 0.25) is 5.02 Å². The van der Waals surface area contributed by atoms with Crippen molar-refractivity contribution in [1.29, 1.82) is 0 Å². The number of rotatable bonds is 4. The van der Waals surface area contributed by atoms with Crippen molar-refractivity contribution in [2.45, 2.75) is 44.2 Å². The smallest absolute Gasteiger partial charge is 0.414 e. The fourth-order valence-corrected chi connectivity index (χ4v) is 6.01. The van der Waals surface area contributed by atoms with Gasteiger partial charge in [0.1, 0.15) is 6.61 Å². The molecule has 1 fully saturated rings. The summed E-state index contributed by atoms with van der Waals surface area (Å²) in [4.78, 5) is 25.8. The van der Waals surface area contributed by atoms with Crippen LogP contribution in [0.15, 0.2) is 41.3 Å². The molecule has 0 saturated carbocycles. The van der Waals surface area contributed by atoms with Crippen LogP contribution in [0.5, 0.6) is 0 Å². The molecule has 9 heteroatoms. The Balaban J connectivity index is 1.53. The largest absolute Gasteiger partial charge is 0.444 e. The number of nitrogens with zero attached hydrogens (tertiary/aromatic N) is 2. The predicted molar refractivity (Wildman–Crippen MR) is 117 cm³/mol. The fourth-order valence-electron chi connectivity index (χ4n) is 4.24. The van der Waals surface area contributed by atoms with Crippen LogP contribution in [-0.2, 0) is 21.4 Å². The van der Waals surface area contributed by atoms with E-state index >= 15 is 0 Å². The third-order valence-corrected chi connectivity index (χ3v) is 7.95. The first-order chi connectivity index (χ1) is 14.7. The molecular formula is C22H23ClN2O5S. The van der Waals surface area contributed by atoms with E-state index in [1.807, 2.05) is 13.0 Å². The Hall–Kier alpha value is -2.42. The van der Waals surface area contributed by atoms with Crippen molar-refractivity contribution in [1.82, 2.24) is 4.31 Å². The first-order valence-corrected chi connectivity index (χ1v) is 11.9.